The number of nitrogens with zero attached hydrogens (tertiary/aromatic N) is 1. The number of aryl methyl sites for hydroxylation is 1. The molecule has 21 heavy (non-hydrogen) atoms. The Morgan fingerprint density at radius 3 is 2.86 bits per heavy atom. The fourth-order valence-corrected chi connectivity index (χ4v) is 2.99. The summed E-state index contributed by atoms with van der Waals surface area (Å²) in [5.41, 5.74) is 1.70. The molecule has 0 bridgehead atoms. The lowest BCUT2D eigenvalue weighted by molar-refractivity contribution is -0.117. The number of carbonyl (C=O) groups excluding carboxylic acids is 1. The minimum Gasteiger partial charge on any atom is -0.393 e. The first-order chi connectivity index (χ1) is 9.95. The van der Waals surface area contributed by atoms with Gasteiger partial charge in [0.2, 0.25) is 5.91 Å². The van der Waals surface area contributed by atoms with E-state index >= 15 is 0 Å². The third kappa shape index (κ3) is 4.70. The van der Waals surface area contributed by atoms with E-state index in [0.717, 1.165) is 31.4 Å². The van der Waals surface area contributed by atoms with Crippen LogP contribution in [0.1, 0.15) is 24.8 Å². The zero-order valence-electron chi connectivity index (χ0n) is 12.6. The summed E-state index contributed by atoms with van der Waals surface area (Å²) < 4.78 is 0. The van der Waals surface area contributed by atoms with Crippen molar-refractivity contribution in [2.45, 2.75) is 32.3 Å². The van der Waals surface area contributed by atoms with Gasteiger partial charge in [0.15, 0.2) is 0 Å². The number of aliphatic hydroxyl groups excluding tert-OH is 1. The number of hydrogen-bond acceptors (Lipinski definition) is 3. The van der Waals surface area contributed by atoms with Crippen LogP contribution in [0, 0.1) is 12.8 Å². The molecular weight excluding hydrogens is 288 g/mol. The first-order valence-electron chi connectivity index (χ1n) is 7.38. The van der Waals surface area contributed by atoms with E-state index in [-0.39, 0.29) is 17.9 Å². The third-order valence-corrected chi connectivity index (χ3v) is 4.44. The minimum atomic E-state index is -0.216. The maximum atomic E-state index is 12.0. The van der Waals surface area contributed by atoms with Crippen LogP contribution >= 0.6 is 11.6 Å². The van der Waals surface area contributed by atoms with Crippen LogP contribution in [-0.4, -0.2) is 42.2 Å². The van der Waals surface area contributed by atoms with Crippen LogP contribution in [0.4, 0.5) is 5.69 Å². The smallest absolute Gasteiger partial charge is 0.238 e. The summed E-state index contributed by atoms with van der Waals surface area (Å²) in [4.78, 5) is 14.0. The molecule has 2 atom stereocenters. The number of hydrogen-bond donors (Lipinski definition) is 2. The molecule has 2 rings (SSSR count). The first-order valence-corrected chi connectivity index (χ1v) is 7.76. The molecule has 1 fully saturated rings. The van der Waals surface area contributed by atoms with E-state index in [1.54, 1.807) is 6.07 Å². The van der Waals surface area contributed by atoms with E-state index in [0.29, 0.717) is 17.3 Å². The summed E-state index contributed by atoms with van der Waals surface area (Å²) in [5.74, 6) is 0.224. The zero-order chi connectivity index (χ0) is 15.4. The molecule has 0 heterocycles. The quantitative estimate of drug-likeness (QED) is 0.879. The highest BCUT2D eigenvalue weighted by Crippen LogP contribution is 2.26. The highest BCUT2D eigenvalue weighted by molar-refractivity contribution is 6.31. The minimum absolute atomic E-state index is 0.0649. The van der Waals surface area contributed by atoms with E-state index in [1.807, 2.05) is 31.0 Å². The summed E-state index contributed by atoms with van der Waals surface area (Å²) in [6.07, 6.45) is 2.78. The molecule has 0 radical (unpaired) electrons. The Labute approximate surface area is 131 Å². The molecule has 0 spiro atoms. The molecule has 1 aliphatic rings. The van der Waals surface area contributed by atoms with Gasteiger partial charge in [0.25, 0.3) is 0 Å². The molecule has 1 saturated carbocycles. The summed E-state index contributed by atoms with van der Waals surface area (Å²) in [7, 11) is 1.91. The number of anilines is 1. The molecule has 1 aromatic rings. The summed E-state index contributed by atoms with van der Waals surface area (Å²) in [6.45, 7) is 2.99. The Morgan fingerprint density at radius 1 is 1.48 bits per heavy atom. The van der Waals surface area contributed by atoms with Crippen molar-refractivity contribution in [1.82, 2.24) is 4.90 Å². The van der Waals surface area contributed by atoms with Crippen LogP contribution in [0.2, 0.25) is 5.02 Å². The largest absolute Gasteiger partial charge is 0.393 e. The maximum absolute atomic E-state index is 12.0. The lowest BCUT2D eigenvalue weighted by Gasteiger charge is -2.22. The fourth-order valence-electron chi connectivity index (χ4n) is 2.81. The Bertz CT molecular complexity index is 507. The fraction of sp³-hybridized carbons (Fsp3) is 0.562. The van der Waals surface area contributed by atoms with Crippen molar-refractivity contribution in [1.29, 1.82) is 0 Å². The molecule has 5 heteroatoms. The SMILES string of the molecule is Cc1ccc(NC(=O)CN(C)CC2CCCC2O)cc1Cl. The average Bonchev–Trinajstić information content (AvgIpc) is 2.79. The molecule has 2 N–H and O–H groups in total. The Balaban J connectivity index is 1.81. The molecule has 1 aliphatic carbocycles. The number of amides is 1. The molecule has 1 aromatic carbocycles. The predicted molar refractivity (Wildman–Crippen MR) is 85.7 cm³/mol. The first kappa shape index (κ1) is 16.3. The highest BCUT2D eigenvalue weighted by Gasteiger charge is 2.26. The van der Waals surface area contributed by atoms with Crippen LogP contribution in [0.5, 0.6) is 0 Å². The van der Waals surface area contributed by atoms with Crippen LogP contribution in [0.25, 0.3) is 0 Å². The van der Waals surface area contributed by atoms with Crippen molar-refractivity contribution >= 4 is 23.2 Å². The van der Waals surface area contributed by atoms with Gasteiger partial charge in [-0.15, -0.1) is 0 Å². The van der Waals surface area contributed by atoms with Crippen LogP contribution in [0.15, 0.2) is 18.2 Å². The van der Waals surface area contributed by atoms with Crippen LogP contribution < -0.4 is 5.32 Å². The van der Waals surface area contributed by atoms with Gasteiger partial charge in [0.05, 0.1) is 12.6 Å². The number of nitrogens with one attached hydrogen (secondary N) is 1. The molecule has 116 valence electrons. The van der Waals surface area contributed by atoms with Crippen molar-refractivity contribution in [2.75, 3.05) is 25.5 Å². The van der Waals surface area contributed by atoms with Gasteiger partial charge in [-0.05, 0) is 50.4 Å². The molecule has 0 aliphatic heterocycles. The Morgan fingerprint density at radius 2 is 2.24 bits per heavy atom. The number of carbonyl (C=O) groups is 1. The standard InChI is InChI=1S/C16H23ClN2O2/c1-11-6-7-13(8-14(11)17)18-16(21)10-19(2)9-12-4-3-5-15(12)20/h6-8,12,15,20H,3-5,9-10H2,1-2H3,(H,18,21). The van der Waals surface area contributed by atoms with Gasteiger partial charge in [-0.25, -0.2) is 0 Å². The van der Waals surface area contributed by atoms with Crippen molar-refractivity contribution < 1.29 is 9.90 Å². The lowest BCUT2D eigenvalue weighted by atomic mass is 10.1. The molecule has 0 saturated heterocycles. The normalized spacial score (nSPS) is 21.8. The van der Waals surface area contributed by atoms with Gasteiger partial charge in [-0.2, -0.15) is 0 Å². The molecule has 4 nitrogen and oxygen atoms in total. The summed E-state index contributed by atoms with van der Waals surface area (Å²) in [6, 6.07) is 5.49. The van der Waals surface area contributed by atoms with Gasteiger partial charge in [0, 0.05) is 17.3 Å². The van der Waals surface area contributed by atoms with E-state index in [4.69, 9.17) is 11.6 Å². The van der Waals surface area contributed by atoms with Crippen molar-refractivity contribution in [3.63, 3.8) is 0 Å². The van der Waals surface area contributed by atoms with E-state index < -0.39 is 0 Å². The second-order valence-electron chi connectivity index (χ2n) is 5.97. The van der Waals surface area contributed by atoms with Gasteiger partial charge in [-0.1, -0.05) is 24.1 Å². The zero-order valence-corrected chi connectivity index (χ0v) is 13.4. The molecule has 0 aromatic heterocycles. The van der Waals surface area contributed by atoms with Gasteiger partial charge >= 0.3 is 0 Å². The summed E-state index contributed by atoms with van der Waals surface area (Å²) in [5, 5.41) is 13.3. The number of aliphatic hydroxyl groups is 1. The van der Waals surface area contributed by atoms with Crippen molar-refractivity contribution in [3.05, 3.63) is 28.8 Å². The Hall–Kier alpha value is -1.10. The van der Waals surface area contributed by atoms with Crippen LogP contribution in [-0.2, 0) is 4.79 Å². The molecular formula is C16H23ClN2O2. The van der Waals surface area contributed by atoms with Crippen LogP contribution in [0.3, 0.4) is 0 Å². The van der Waals surface area contributed by atoms with Crippen molar-refractivity contribution in [3.8, 4) is 0 Å². The van der Waals surface area contributed by atoms with Gasteiger partial charge in [-0.3, -0.25) is 9.69 Å². The van der Waals surface area contributed by atoms with E-state index in [1.165, 1.54) is 0 Å². The van der Waals surface area contributed by atoms with Gasteiger partial charge in [0.1, 0.15) is 0 Å². The number of likely N-dealkylation sites (N-methyl/N-ethyl adjacent to an activating group) is 1. The van der Waals surface area contributed by atoms with E-state index in [9.17, 15) is 9.90 Å². The topological polar surface area (TPSA) is 52.6 Å². The van der Waals surface area contributed by atoms with E-state index in [2.05, 4.69) is 5.32 Å². The average molecular weight is 311 g/mol. The monoisotopic (exact) mass is 310 g/mol. The predicted octanol–water partition coefficient (Wildman–Crippen LogP) is 2.68. The number of halogens is 1. The molecule has 1 amide bonds. The number of benzene rings is 1. The maximum Gasteiger partial charge on any atom is 0.238 e. The number of rotatable bonds is 5. The second-order valence-corrected chi connectivity index (χ2v) is 6.37. The second kappa shape index (κ2) is 7.25. The highest BCUT2D eigenvalue weighted by atomic mass is 35.5. The van der Waals surface area contributed by atoms with Crippen molar-refractivity contribution in [2.24, 2.45) is 5.92 Å². The van der Waals surface area contributed by atoms with Gasteiger partial charge < -0.3 is 10.4 Å². The Kier molecular flexibility index (Phi) is 5.62. The lowest BCUT2D eigenvalue weighted by Crippen LogP contribution is -2.35. The summed E-state index contributed by atoms with van der Waals surface area (Å²) >= 11 is 6.04. The molecule has 2 unspecified atom stereocenters. The third-order valence-electron chi connectivity index (χ3n) is 4.03.